The molecule has 1 aromatic rings. The Bertz CT molecular complexity index is 402. The van der Waals surface area contributed by atoms with Crippen LogP contribution in [0.4, 0.5) is 0 Å². The summed E-state index contributed by atoms with van der Waals surface area (Å²) in [4.78, 5) is 0. The predicted octanol–water partition coefficient (Wildman–Crippen LogP) is 3.84. The van der Waals surface area contributed by atoms with Crippen LogP contribution in [0.1, 0.15) is 50.3 Å². The molecule has 1 N–H and O–H groups in total. The molecule has 1 heterocycles. The molecule has 0 fully saturated rings. The van der Waals surface area contributed by atoms with Crippen LogP contribution in [-0.2, 0) is 0 Å². The molecule has 2 rings (SSSR count). The van der Waals surface area contributed by atoms with Crippen molar-refractivity contribution in [2.45, 2.75) is 52.2 Å². The Morgan fingerprint density at radius 1 is 1.44 bits per heavy atom. The van der Waals surface area contributed by atoms with Gasteiger partial charge in [-0.15, -0.1) is 0 Å². The van der Waals surface area contributed by atoms with E-state index < -0.39 is 0 Å². The van der Waals surface area contributed by atoms with Crippen molar-refractivity contribution in [1.82, 2.24) is 5.32 Å². The average molecular weight is 247 g/mol. The quantitative estimate of drug-likeness (QED) is 0.872. The van der Waals surface area contributed by atoms with Crippen LogP contribution in [-0.4, -0.2) is 13.2 Å². The fourth-order valence-electron chi connectivity index (χ4n) is 2.88. The molecule has 2 nitrogen and oxygen atoms in total. The monoisotopic (exact) mass is 247 g/mol. The lowest BCUT2D eigenvalue weighted by atomic mass is 9.88. The summed E-state index contributed by atoms with van der Waals surface area (Å²) in [6.07, 6.45) is 3.89. The van der Waals surface area contributed by atoms with E-state index in [9.17, 15) is 0 Å². The summed E-state index contributed by atoms with van der Waals surface area (Å²) in [6, 6.07) is 6.94. The molecule has 0 saturated heterocycles. The van der Waals surface area contributed by atoms with Gasteiger partial charge in [0.15, 0.2) is 0 Å². The van der Waals surface area contributed by atoms with Gasteiger partial charge in [0.2, 0.25) is 0 Å². The first kappa shape index (κ1) is 13.4. The Hall–Kier alpha value is -1.02. The molecular weight excluding hydrogens is 222 g/mol. The Balaban J connectivity index is 2.22. The van der Waals surface area contributed by atoms with Crippen LogP contribution in [0.2, 0.25) is 0 Å². The molecule has 0 saturated carbocycles. The zero-order valence-electron chi connectivity index (χ0n) is 12.0. The summed E-state index contributed by atoms with van der Waals surface area (Å²) >= 11 is 0. The fraction of sp³-hybridized carbons (Fsp3) is 0.625. The van der Waals surface area contributed by atoms with E-state index in [1.54, 1.807) is 0 Å². The summed E-state index contributed by atoms with van der Waals surface area (Å²) in [6.45, 7) is 6.69. The fourth-order valence-corrected chi connectivity index (χ4v) is 2.88. The minimum atomic E-state index is 0.345. The molecule has 0 radical (unpaired) electrons. The average Bonchev–Trinajstić information content (AvgIpc) is 2.37. The number of rotatable bonds is 4. The zero-order chi connectivity index (χ0) is 13.1. The van der Waals surface area contributed by atoms with E-state index in [4.69, 9.17) is 4.74 Å². The van der Waals surface area contributed by atoms with Crippen LogP contribution in [0.5, 0.6) is 5.75 Å². The maximum absolute atomic E-state index is 6.19. The van der Waals surface area contributed by atoms with Gasteiger partial charge in [0.25, 0.3) is 0 Å². The Morgan fingerprint density at radius 2 is 2.22 bits per heavy atom. The first-order valence-corrected chi connectivity index (χ1v) is 7.10. The molecule has 100 valence electrons. The van der Waals surface area contributed by atoms with Crippen molar-refractivity contribution in [3.8, 4) is 5.75 Å². The lowest BCUT2D eigenvalue weighted by molar-refractivity contribution is 0.0969. The highest BCUT2D eigenvalue weighted by Crippen LogP contribution is 2.37. The van der Waals surface area contributed by atoms with E-state index in [2.05, 4.69) is 44.3 Å². The standard InChI is InChI=1S/C16H25NO/c1-5-6-12(3)16-10-14(17-4)13-9-11(2)7-8-15(13)18-16/h7-9,12,14,16-17H,5-6,10H2,1-4H3. The number of fused-ring (bicyclic) bond motifs is 1. The van der Waals surface area contributed by atoms with Crippen LogP contribution in [0.25, 0.3) is 0 Å². The molecule has 0 aliphatic carbocycles. The van der Waals surface area contributed by atoms with Gasteiger partial charge in [-0.05, 0) is 32.4 Å². The topological polar surface area (TPSA) is 21.3 Å². The minimum Gasteiger partial charge on any atom is -0.490 e. The van der Waals surface area contributed by atoms with E-state index in [1.165, 1.54) is 24.0 Å². The second-order valence-electron chi connectivity index (χ2n) is 5.54. The van der Waals surface area contributed by atoms with Crippen LogP contribution < -0.4 is 10.1 Å². The largest absolute Gasteiger partial charge is 0.490 e. The first-order valence-electron chi connectivity index (χ1n) is 7.10. The van der Waals surface area contributed by atoms with Gasteiger partial charge in [-0.25, -0.2) is 0 Å². The minimum absolute atomic E-state index is 0.345. The molecule has 1 aliphatic heterocycles. The molecule has 1 aromatic carbocycles. The van der Waals surface area contributed by atoms with Crippen molar-refractivity contribution in [3.05, 3.63) is 29.3 Å². The van der Waals surface area contributed by atoms with Crippen molar-refractivity contribution < 1.29 is 4.74 Å². The van der Waals surface area contributed by atoms with Crippen molar-refractivity contribution in [3.63, 3.8) is 0 Å². The van der Waals surface area contributed by atoms with Crippen LogP contribution >= 0.6 is 0 Å². The normalized spacial score (nSPS) is 24.2. The van der Waals surface area contributed by atoms with E-state index >= 15 is 0 Å². The molecule has 2 heteroatoms. The molecular formula is C16H25NO. The Labute approximate surface area is 111 Å². The summed E-state index contributed by atoms with van der Waals surface area (Å²) < 4.78 is 6.19. The van der Waals surface area contributed by atoms with Gasteiger partial charge in [0.05, 0.1) is 0 Å². The van der Waals surface area contributed by atoms with Gasteiger partial charge >= 0.3 is 0 Å². The SMILES string of the molecule is CCCC(C)C1CC(NC)c2cc(C)ccc2O1. The molecule has 0 amide bonds. The molecule has 0 spiro atoms. The van der Waals surface area contributed by atoms with Crippen molar-refractivity contribution in [1.29, 1.82) is 0 Å². The molecule has 3 atom stereocenters. The summed E-state index contributed by atoms with van der Waals surface area (Å²) in [5, 5.41) is 3.43. The Kier molecular flexibility index (Phi) is 4.28. The Morgan fingerprint density at radius 3 is 2.89 bits per heavy atom. The van der Waals surface area contributed by atoms with Crippen LogP contribution in [0.15, 0.2) is 18.2 Å². The van der Waals surface area contributed by atoms with E-state index in [0.717, 1.165) is 12.2 Å². The van der Waals surface area contributed by atoms with Crippen molar-refractivity contribution >= 4 is 0 Å². The number of hydrogen-bond acceptors (Lipinski definition) is 2. The smallest absolute Gasteiger partial charge is 0.124 e. The lowest BCUT2D eigenvalue weighted by Crippen LogP contribution is -2.35. The van der Waals surface area contributed by atoms with Gasteiger partial charge in [0.1, 0.15) is 11.9 Å². The maximum Gasteiger partial charge on any atom is 0.124 e. The van der Waals surface area contributed by atoms with E-state index in [1.807, 2.05) is 7.05 Å². The molecule has 3 unspecified atom stereocenters. The third-order valence-electron chi connectivity index (χ3n) is 4.01. The van der Waals surface area contributed by atoms with E-state index in [-0.39, 0.29) is 0 Å². The predicted molar refractivity (Wildman–Crippen MR) is 76.1 cm³/mol. The number of nitrogens with one attached hydrogen (secondary N) is 1. The molecule has 18 heavy (non-hydrogen) atoms. The van der Waals surface area contributed by atoms with Gasteiger partial charge in [-0.3, -0.25) is 0 Å². The van der Waals surface area contributed by atoms with Gasteiger partial charge in [0, 0.05) is 18.0 Å². The second kappa shape index (κ2) is 5.75. The highest BCUT2D eigenvalue weighted by molar-refractivity contribution is 5.40. The highest BCUT2D eigenvalue weighted by atomic mass is 16.5. The van der Waals surface area contributed by atoms with Crippen molar-refractivity contribution in [2.24, 2.45) is 5.92 Å². The zero-order valence-corrected chi connectivity index (χ0v) is 12.0. The third-order valence-corrected chi connectivity index (χ3v) is 4.01. The number of aryl methyl sites for hydroxylation is 1. The third kappa shape index (κ3) is 2.69. The van der Waals surface area contributed by atoms with Gasteiger partial charge < -0.3 is 10.1 Å². The molecule has 1 aliphatic rings. The summed E-state index contributed by atoms with van der Waals surface area (Å²) in [5.41, 5.74) is 2.62. The van der Waals surface area contributed by atoms with E-state index in [0.29, 0.717) is 18.1 Å². The lowest BCUT2D eigenvalue weighted by Gasteiger charge is -2.35. The van der Waals surface area contributed by atoms with Crippen molar-refractivity contribution in [2.75, 3.05) is 7.05 Å². The summed E-state index contributed by atoms with van der Waals surface area (Å²) in [7, 11) is 2.05. The number of hydrogen-bond donors (Lipinski definition) is 1. The van der Waals surface area contributed by atoms with Gasteiger partial charge in [-0.2, -0.15) is 0 Å². The van der Waals surface area contributed by atoms with Crippen LogP contribution in [0.3, 0.4) is 0 Å². The maximum atomic E-state index is 6.19. The number of ether oxygens (including phenoxy) is 1. The number of benzene rings is 1. The van der Waals surface area contributed by atoms with Crippen LogP contribution in [0, 0.1) is 12.8 Å². The molecule has 0 aromatic heterocycles. The summed E-state index contributed by atoms with van der Waals surface area (Å²) in [5.74, 6) is 1.69. The van der Waals surface area contributed by atoms with Gasteiger partial charge in [-0.1, -0.05) is 38.0 Å². The second-order valence-corrected chi connectivity index (χ2v) is 5.54. The first-order chi connectivity index (χ1) is 8.65. The highest BCUT2D eigenvalue weighted by Gasteiger charge is 2.30. The molecule has 0 bridgehead atoms.